The topological polar surface area (TPSA) is 44.7 Å². The van der Waals surface area contributed by atoms with Gasteiger partial charge in [0.15, 0.2) is 0 Å². The van der Waals surface area contributed by atoms with Crippen molar-refractivity contribution in [2.24, 2.45) is 4.99 Å². The van der Waals surface area contributed by atoms with Crippen molar-refractivity contribution >= 4 is 29.1 Å². The van der Waals surface area contributed by atoms with E-state index in [1.54, 1.807) is 11.8 Å². The number of nitrogens with one attached hydrogen (secondary N) is 1. The summed E-state index contributed by atoms with van der Waals surface area (Å²) in [7, 11) is 0. The molecule has 1 saturated heterocycles. The van der Waals surface area contributed by atoms with Gasteiger partial charge in [-0.25, -0.2) is 0 Å². The molecule has 2 aromatic rings. The third kappa shape index (κ3) is 5.44. The van der Waals surface area contributed by atoms with Crippen LogP contribution in [0.2, 0.25) is 0 Å². The molecule has 0 aliphatic carbocycles. The molecule has 0 spiro atoms. The summed E-state index contributed by atoms with van der Waals surface area (Å²) in [4.78, 5) is 22.8. The average molecular weight is 450 g/mol. The molecule has 1 N–H and O–H groups in total. The number of nitrogens with zero attached hydrogens (tertiary/aromatic N) is 2. The molecule has 0 radical (unpaired) electrons. The molecule has 4 nitrogen and oxygen atoms in total. The first kappa shape index (κ1) is 23.1. The molecule has 4 rings (SSSR count). The first-order valence-corrected chi connectivity index (χ1v) is 13.0. The first-order valence-electron chi connectivity index (χ1n) is 12.2. The van der Waals surface area contributed by atoms with E-state index in [2.05, 4.69) is 48.3 Å². The van der Waals surface area contributed by atoms with Gasteiger partial charge in [0, 0.05) is 45.8 Å². The van der Waals surface area contributed by atoms with E-state index >= 15 is 0 Å². The van der Waals surface area contributed by atoms with Crippen LogP contribution in [0.3, 0.4) is 0 Å². The van der Waals surface area contributed by atoms with Crippen LogP contribution in [0.15, 0.2) is 57.2 Å². The number of fused-ring (bicyclic) bond motifs is 2. The highest BCUT2D eigenvalue weighted by atomic mass is 32.2. The van der Waals surface area contributed by atoms with Gasteiger partial charge in [-0.05, 0) is 62.9 Å². The second-order valence-corrected chi connectivity index (χ2v) is 9.88. The molecule has 2 aromatic carbocycles. The van der Waals surface area contributed by atoms with Crippen LogP contribution in [-0.2, 0) is 0 Å². The van der Waals surface area contributed by atoms with E-state index in [0.29, 0.717) is 12.1 Å². The van der Waals surface area contributed by atoms with Crippen LogP contribution in [0.25, 0.3) is 0 Å². The molecule has 1 unspecified atom stereocenters. The van der Waals surface area contributed by atoms with Crippen molar-refractivity contribution in [3.63, 3.8) is 0 Å². The van der Waals surface area contributed by atoms with E-state index < -0.39 is 0 Å². The summed E-state index contributed by atoms with van der Waals surface area (Å²) in [5, 5.41) is 3.13. The molecular formula is C27H35N3OS. The van der Waals surface area contributed by atoms with Gasteiger partial charge in [-0.3, -0.25) is 9.79 Å². The fourth-order valence-electron chi connectivity index (χ4n) is 4.78. The van der Waals surface area contributed by atoms with Gasteiger partial charge in [0.2, 0.25) is 0 Å². The molecule has 0 bridgehead atoms. The molecule has 2 aliphatic heterocycles. The molecule has 2 aliphatic rings. The minimum atomic E-state index is -0.00233. The number of carbonyl (C=O) groups excluding carboxylic acids is 1. The van der Waals surface area contributed by atoms with E-state index in [9.17, 15) is 4.79 Å². The van der Waals surface area contributed by atoms with Crippen molar-refractivity contribution in [2.75, 3.05) is 19.6 Å². The summed E-state index contributed by atoms with van der Waals surface area (Å²) in [6.45, 7) is 7.46. The standard InChI is InChI=1S/C27H35N3OS/c1-3-10-23-22-12-5-6-13-25(22)32-26-15-14-20(19-24(26)29-23)27(31)28-16-9-18-30-17-8-7-11-21(30)4-2/h5-6,12-15,19,21H,3-4,7-11,16-18H2,1-2H3,(H,28,31). The summed E-state index contributed by atoms with van der Waals surface area (Å²) in [5.74, 6) is -0.00233. The monoisotopic (exact) mass is 449 g/mol. The molecule has 1 amide bonds. The molecular weight excluding hydrogens is 414 g/mol. The highest BCUT2D eigenvalue weighted by Gasteiger charge is 2.20. The number of benzene rings is 2. The number of hydrogen-bond acceptors (Lipinski definition) is 4. The Morgan fingerprint density at radius 2 is 2.03 bits per heavy atom. The zero-order chi connectivity index (χ0) is 22.3. The van der Waals surface area contributed by atoms with E-state index in [1.807, 2.05) is 18.2 Å². The van der Waals surface area contributed by atoms with Gasteiger partial charge < -0.3 is 10.2 Å². The fourth-order valence-corrected chi connectivity index (χ4v) is 5.81. The number of carbonyl (C=O) groups is 1. The molecule has 0 saturated carbocycles. The Morgan fingerprint density at radius 3 is 2.88 bits per heavy atom. The molecule has 1 fully saturated rings. The SMILES string of the molecule is CCCC1=Nc2cc(C(=O)NCCCN3CCCCC3CC)ccc2Sc2ccccc21. The van der Waals surface area contributed by atoms with Crippen molar-refractivity contribution in [1.82, 2.24) is 10.2 Å². The zero-order valence-corrected chi connectivity index (χ0v) is 20.2. The molecule has 1 atom stereocenters. The lowest BCUT2D eigenvalue weighted by molar-refractivity contribution is 0.0947. The van der Waals surface area contributed by atoms with Gasteiger partial charge >= 0.3 is 0 Å². The Hall–Kier alpha value is -2.11. The lowest BCUT2D eigenvalue weighted by Gasteiger charge is -2.35. The third-order valence-electron chi connectivity index (χ3n) is 6.51. The van der Waals surface area contributed by atoms with Gasteiger partial charge in [0.1, 0.15) is 0 Å². The maximum absolute atomic E-state index is 12.8. The van der Waals surface area contributed by atoms with Gasteiger partial charge in [-0.2, -0.15) is 0 Å². The first-order chi connectivity index (χ1) is 15.7. The van der Waals surface area contributed by atoms with Gasteiger partial charge in [0.05, 0.1) is 5.69 Å². The average Bonchev–Trinajstić information content (AvgIpc) is 2.98. The largest absolute Gasteiger partial charge is 0.352 e. The highest BCUT2D eigenvalue weighted by molar-refractivity contribution is 7.99. The number of hydrogen-bond donors (Lipinski definition) is 1. The molecule has 32 heavy (non-hydrogen) atoms. The third-order valence-corrected chi connectivity index (χ3v) is 7.65. The van der Waals surface area contributed by atoms with Crippen molar-refractivity contribution in [2.45, 2.75) is 74.6 Å². The van der Waals surface area contributed by atoms with Gasteiger partial charge in [-0.1, -0.05) is 56.7 Å². The van der Waals surface area contributed by atoms with Crippen molar-refractivity contribution < 1.29 is 4.79 Å². The Bertz CT molecular complexity index is 971. The Morgan fingerprint density at radius 1 is 1.16 bits per heavy atom. The van der Waals surface area contributed by atoms with Crippen LogP contribution in [-0.4, -0.2) is 42.2 Å². The number of rotatable bonds is 8. The smallest absolute Gasteiger partial charge is 0.251 e. The number of piperidine rings is 1. The molecule has 2 heterocycles. The summed E-state index contributed by atoms with van der Waals surface area (Å²) in [5.41, 5.74) is 3.92. The fraction of sp³-hybridized carbons (Fsp3) is 0.481. The van der Waals surface area contributed by atoms with Crippen LogP contribution in [0.5, 0.6) is 0 Å². The second kappa shape index (κ2) is 11.2. The number of aliphatic imine (C=N–C) groups is 1. The van der Waals surface area contributed by atoms with Crippen molar-refractivity contribution in [3.8, 4) is 0 Å². The van der Waals surface area contributed by atoms with E-state index in [4.69, 9.17) is 4.99 Å². The Labute approximate surface area is 196 Å². The van der Waals surface area contributed by atoms with Gasteiger partial charge in [0.25, 0.3) is 5.91 Å². The number of likely N-dealkylation sites (tertiary alicyclic amines) is 1. The van der Waals surface area contributed by atoms with E-state index in [0.717, 1.165) is 48.1 Å². The van der Waals surface area contributed by atoms with Crippen molar-refractivity contribution in [1.29, 1.82) is 0 Å². The summed E-state index contributed by atoms with van der Waals surface area (Å²) in [6, 6.07) is 15.1. The minimum absolute atomic E-state index is 0.00233. The number of amides is 1. The van der Waals surface area contributed by atoms with Gasteiger partial charge in [-0.15, -0.1) is 0 Å². The molecule has 0 aromatic heterocycles. The highest BCUT2D eigenvalue weighted by Crippen LogP contribution is 2.41. The van der Waals surface area contributed by atoms with E-state index in [-0.39, 0.29) is 5.91 Å². The van der Waals surface area contributed by atoms with Crippen LogP contribution in [0, 0.1) is 0 Å². The lowest BCUT2D eigenvalue weighted by Crippen LogP contribution is -2.40. The Kier molecular flexibility index (Phi) is 8.04. The maximum atomic E-state index is 12.8. The Balaban J connectivity index is 1.40. The summed E-state index contributed by atoms with van der Waals surface area (Å²) in [6.07, 6.45) is 8.18. The predicted molar refractivity (Wildman–Crippen MR) is 135 cm³/mol. The zero-order valence-electron chi connectivity index (χ0n) is 19.4. The van der Waals surface area contributed by atoms with Crippen LogP contribution in [0.1, 0.15) is 74.7 Å². The summed E-state index contributed by atoms with van der Waals surface area (Å²) >= 11 is 1.74. The van der Waals surface area contributed by atoms with E-state index in [1.165, 1.54) is 42.7 Å². The summed E-state index contributed by atoms with van der Waals surface area (Å²) < 4.78 is 0. The lowest BCUT2D eigenvalue weighted by atomic mass is 10.00. The normalized spacial score (nSPS) is 18.3. The molecule has 170 valence electrons. The minimum Gasteiger partial charge on any atom is -0.352 e. The van der Waals surface area contributed by atoms with Crippen molar-refractivity contribution in [3.05, 3.63) is 53.6 Å². The molecule has 5 heteroatoms. The van der Waals surface area contributed by atoms with Crippen LogP contribution < -0.4 is 5.32 Å². The second-order valence-electron chi connectivity index (χ2n) is 8.79. The van der Waals surface area contributed by atoms with Crippen LogP contribution >= 0.6 is 11.8 Å². The maximum Gasteiger partial charge on any atom is 0.251 e. The van der Waals surface area contributed by atoms with Crippen LogP contribution in [0.4, 0.5) is 5.69 Å². The quantitative estimate of drug-likeness (QED) is 0.471. The predicted octanol–water partition coefficient (Wildman–Crippen LogP) is 6.46.